The van der Waals surface area contributed by atoms with Crippen molar-refractivity contribution in [3.8, 4) is 16.8 Å². The minimum Gasteiger partial charge on any atom is -0.354 e. The molecule has 3 heterocycles. The van der Waals surface area contributed by atoms with Crippen molar-refractivity contribution in [2.75, 3.05) is 0 Å². The Labute approximate surface area is 219 Å². The summed E-state index contributed by atoms with van der Waals surface area (Å²) in [7, 11) is 0. The van der Waals surface area contributed by atoms with Crippen LogP contribution in [0.15, 0.2) is 128 Å². The van der Waals surface area contributed by atoms with E-state index in [0.29, 0.717) is 0 Å². The molecule has 1 N–H and O–H groups in total. The molecule has 0 amide bonds. The molecule has 0 radical (unpaired) electrons. The van der Waals surface area contributed by atoms with E-state index in [1.807, 2.05) is 16.9 Å². The first kappa shape index (κ1) is 21.0. The van der Waals surface area contributed by atoms with Crippen LogP contribution in [0.5, 0.6) is 0 Å². The number of H-pyrrole nitrogens is 1. The molecule has 3 aromatic heterocycles. The molecule has 0 aliphatic carbocycles. The molecule has 5 aromatic carbocycles. The summed E-state index contributed by atoms with van der Waals surface area (Å²) in [6, 6.07) is 41.1. The number of nitrogens with zero attached hydrogens (tertiary/aromatic N) is 3. The molecule has 0 aliphatic rings. The molecule has 0 atom stereocenters. The number of rotatable bonds is 4. The zero-order valence-corrected chi connectivity index (χ0v) is 20.7. The zero-order valence-electron chi connectivity index (χ0n) is 20.7. The van der Waals surface area contributed by atoms with Crippen molar-refractivity contribution in [1.82, 2.24) is 19.3 Å². The molecule has 4 nitrogen and oxygen atoms in total. The highest BCUT2D eigenvalue weighted by Crippen LogP contribution is 2.37. The van der Waals surface area contributed by atoms with Crippen LogP contribution in [-0.2, 0) is 6.54 Å². The predicted octanol–water partition coefficient (Wildman–Crippen LogP) is 8.33. The van der Waals surface area contributed by atoms with Gasteiger partial charge in [-0.2, -0.15) is 5.10 Å². The van der Waals surface area contributed by atoms with Crippen LogP contribution in [0.1, 0.15) is 5.56 Å². The van der Waals surface area contributed by atoms with Gasteiger partial charge in [-0.15, -0.1) is 0 Å². The molecule has 8 rings (SSSR count). The van der Waals surface area contributed by atoms with Crippen LogP contribution >= 0.6 is 0 Å². The summed E-state index contributed by atoms with van der Waals surface area (Å²) in [5.41, 5.74) is 9.41. The number of aromatic amines is 1. The van der Waals surface area contributed by atoms with Crippen LogP contribution in [-0.4, -0.2) is 19.3 Å². The first-order valence-corrected chi connectivity index (χ1v) is 12.9. The molecule has 38 heavy (non-hydrogen) atoms. The zero-order chi connectivity index (χ0) is 25.1. The Kier molecular flexibility index (Phi) is 4.55. The number of hydrogen-bond acceptors (Lipinski definition) is 1. The molecule has 0 spiro atoms. The van der Waals surface area contributed by atoms with Crippen molar-refractivity contribution in [1.29, 1.82) is 0 Å². The first-order chi connectivity index (χ1) is 18.8. The lowest BCUT2D eigenvalue weighted by atomic mass is 10.1. The van der Waals surface area contributed by atoms with Crippen molar-refractivity contribution in [2.45, 2.75) is 6.54 Å². The number of hydrogen-bond donors (Lipinski definition) is 1. The van der Waals surface area contributed by atoms with E-state index in [1.54, 1.807) is 0 Å². The average Bonchev–Trinajstić information content (AvgIpc) is 3.66. The Morgan fingerprint density at radius 3 is 2.21 bits per heavy atom. The smallest absolute Gasteiger partial charge is 0.0659 e. The second-order valence-electron chi connectivity index (χ2n) is 9.90. The van der Waals surface area contributed by atoms with E-state index in [0.717, 1.165) is 28.9 Å². The number of fused-ring (bicyclic) bond motifs is 6. The van der Waals surface area contributed by atoms with Crippen LogP contribution in [0.4, 0.5) is 0 Å². The summed E-state index contributed by atoms with van der Waals surface area (Å²) in [6.45, 7) is 0.766. The molecule has 0 unspecified atom stereocenters. The third-order valence-corrected chi connectivity index (χ3v) is 7.58. The largest absolute Gasteiger partial charge is 0.354 e. The maximum absolute atomic E-state index is 4.60. The lowest BCUT2D eigenvalue weighted by Gasteiger charge is -2.09. The minimum atomic E-state index is 0.766. The van der Waals surface area contributed by atoms with Crippen molar-refractivity contribution in [3.05, 3.63) is 133 Å². The Bertz CT molecular complexity index is 2090. The Morgan fingerprint density at radius 2 is 1.34 bits per heavy atom. The summed E-state index contributed by atoms with van der Waals surface area (Å²) >= 11 is 0. The van der Waals surface area contributed by atoms with Gasteiger partial charge in [0.2, 0.25) is 0 Å². The SMILES string of the molecule is c1ccc(Cn2cc(-c3ccc(-n4c5ccccc5c5cc6c(cc54)[nH]c4ccccc46)cc3)cn2)cc1. The van der Waals surface area contributed by atoms with Gasteiger partial charge in [0.15, 0.2) is 0 Å². The van der Waals surface area contributed by atoms with E-state index in [2.05, 4.69) is 130 Å². The van der Waals surface area contributed by atoms with Crippen LogP contribution in [0.25, 0.3) is 60.4 Å². The normalized spacial score (nSPS) is 11.8. The van der Waals surface area contributed by atoms with Gasteiger partial charge >= 0.3 is 0 Å². The van der Waals surface area contributed by atoms with E-state index in [9.17, 15) is 0 Å². The summed E-state index contributed by atoms with van der Waals surface area (Å²) in [5, 5.41) is 9.65. The molecule has 180 valence electrons. The fraction of sp³-hybridized carbons (Fsp3) is 0.0294. The lowest BCUT2D eigenvalue weighted by molar-refractivity contribution is 0.687. The van der Waals surface area contributed by atoms with E-state index >= 15 is 0 Å². The molecular weight excluding hydrogens is 464 g/mol. The van der Waals surface area contributed by atoms with E-state index in [4.69, 9.17) is 0 Å². The van der Waals surface area contributed by atoms with Crippen LogP contribution < -0.4 is 0 Å². The van der Waals surface area contributed by atoms with Crippen LogP contribution in [0, 0.1) is 0 Å². The molecule has 0 saturated carbocycles. The standard InChI is InChI=1S/C34H24N4/c1-2-8-23(9-3-1)21-37-22-25(20-35-37)24-14-16-26(17-15-24)38-33-13-7-5-11-28(33)30-18-29-27-10-4-6-12-31(27)36-32(29)19-34(30)38/h1-20,22,36H,21H2. The average molecular weight is 489 g/mol. The van der Waals surface area contributed by atoms with Gasteiger partial charge in [0, 0.05) is 50.0 Å². The molecular formula is C34H24N4. The highest BCUT2D eigenvalue weighted by atomic mass is 15.3. The van der Waals surface area contributed by atoms with Crippen molar-refractivity contribution in [2.24, 2.45) is 0 Å². The van der Waals surface area contributed by atoms with Gasteiger partial charge in [-0.25, -0.2) is 0 Å². The lowest BCUT2D eigenvalue weighted by Crippen LogP contribution is -1.99. The number of para-hydroxylation sites is 2. The third kappa shape index (κ3) is 3.27. The molecule has 0 aliphatic heterocycles. The summed E-state index contributed by atoms with van der Waals surface area (Å²) in [5.74, 6) is 0. The maximum atomic E-state index is 4.60. The number of nitrogens with one attached hydrogen (secondary N) is 1. The molecule has 8 aromatic rings. The maximum Gasteiger partial charge on any atom is 0.0659 e. The van der Waals surface area contributed by atoms with Gasteiger partial charge < -0.3 is 9.55 Å². The fourth-order valence-corrected chi connectivity index (χ4v) is 5.76. The highest BCUT2D eigenvalue weighted by molar-refractivity contribution is 6.18. The molecule has 0 fully saturated rings. The Balaban J connectivity index is 1.23. The topological polar surface area (TPSA) is 38.5 Å². The van der Waals surface area contributed by atoms with Crippen LogP contribution in [0.3, 0.4) is 0 Å². The van der Waals surface area contributed by atoms with E-state index in [1.165, 1.54) is 43.7 Å². The minimum absolute atomic E-state index is 0.766. The van der Waals surface area contributed by atoms with Crippen molar-refractivity contribution < 1.29 is 0 Å². The molecule has 4 heteroatoms. The van der Waals surface area contributed by atoms with E-state index in [-0.39, 0.29) is 0 Å². The van der Waals surface area contributed by atoms with E-state index < -0.39 is 0 Å². The quantitative estimate of drug-likeness (QED) is 0.266. The van der Waals surface area contributed by atoms with Gasteiger partial charge in [0.25, 0.3) is 0 Å². The molecule has 0 bridgehead atoms. The number of benzene rings is 5. The highest BCUT2D eigenvalue weighted by Gasteiger charge is 2.15. The van der Waals surface area contributed by atoms with Crippen molar-refractivity contribution in [3.63, 3.8) is 0 Å². The van der Waals surface area contributed by atoms with Gasteiger partial charge in [0.1, 0.15) is 0 Å². The third-order valence-electron chi connectivity index (χ3n) is 7.58. The van der Waals surface area contributed by atoms with Crippen molar-refractivity contribution >= 4 is 43.6 Å². The summed E-state index contributed by atoms with van der Waals surface area (Å²) < 4.78 is 4.37. The summed E-state index contributed by atoms with van der Waals surface area (Å²) in [4.78, 5) is 3.62. The summed E-state index contributed by atoms with van der Waals surface area (Å²) in [6.07, 6.45) is 4.07. The predicted molar refractivity (Wildman–Crippen MR) is 157 cm³/mol. The number of aromatic nitrogens is 4. The fourth-order valence-electron chi connectivity index (χ4n) is 5.76. The van der Waals surface area contributed by atoms with Gasteiger partial charge in [-0.05, 0) is 47.5 Å². The second-order valence-corrected chi connectivity index (χ2v) is 9.90. The monoisotopic (exact) mass is 488 g/mol. The second kappa shape index (κ2) is 8.22. The molecule has 0 saturated heterocycles. The Hall–Kier alpha value is -5.09. The van der Waals surface area contributed by atoms with Gasteiger partial charge in [-0.1, -0.05) is 78.9 Å². The first-order valence-electron chi connectivity index (χ1n) is 12.9. The van der Waals surface area contributed by atoms with Gasteiger partial charge in [-0.3, -0.25) is 4.68 Å². The Morgan fingerprint density at radius 1 is 0.579 bits per heavy atom. The van der Waals surface area contributed by atoms with Gasteiger partial charge in [0.05, 0.1) is 23.8 Å². The van der Waals surface area contributed by atoms with Crippen LogP contribution in [0.2, 0.25) is 0 Å².